The van der Waals surface area contributed by atoms with Crippen LogP contribution in [0.3, 0.4) is 0 Å². The van der Waals surface area contributed by atoms with Gasteiger partial charge in [-0.3, -0.25) is 9.59 Å². The van der Waals surface area contributed by atoms with Gasteiger partial charge in [-0.25, -0.2) is 0 Å². The van der Waals surface area contributed by atoms with Gasteiger partial charge in [0, 0.05) is 12.8 Å². The highest BCUT2D eigenvalue weighted by Gasteiger charge is 2.44. The van der Waals surface area contributed by atoms with E-state index < -0.39 is 55.4 Å². The Morgan fingerprint density at radius 1 is 0.564 bits per heavy atom. The standard InChI is InChI=1S/C45H74O10/c1-3-5-7-9-11-13-15-17-19-21-23-25-27-29-31-33-40(47)52-36-38(37-53-45-44(51)43(50)42(49)39(35-46)55-45)54-41(48)34-32-30-28-26-24-22-20-18-16-14-12-10-8-6-4-2/h5-8,11-14,17-20,38-39,42-46,49-51H,3-4,9-10,15-16,21-37H2,1-2H3/t38-,39-,42+,43+,44-,45?/m1/s1. The molecule has 55 heavy (non-hydrogen) atoms. The number of aliphatic hydroxyl groups excluding tert-OH is 4. The zero-order chi connectivity index (χ0) is 40.2. The highest BCUT2D eigenvalue weighted by molar-refractivity contribution is 5.70. The molecule has 0 spiro atoms. The van der Waals surface area contributed by atoms with Gasteiger partial charge in [0.25, 0.3) is 0 Å². The molecule has 314 valence electrons. The summed E-state index contributed by atoms with van der Waals surface area (Å²) in [5.74, 6) is -0.855. The van der Waals surface area contributed by atoms with Crippen LogP contribution in [0.15, 0.2) is 72.9 Å². The Balaban J connectivity index is 2.39. The van der Waals surface area contributed by atoms with Gasteiger partial charge in [0.2, 0.25) is 0 Å². The second-order valence-electron chi connectivity index (χ2n) is 14.0. The van der Waals surface area contributed by atoms with Crippen molar-refractivity contribution in [2.24, 2.45) is 0 Å². The smallest absolute Gasteiger partial charge is 0.306 e. The third-order valence-corrected chi connectivity index (χ3v) is 9.09. The fraction of sp³-hybridized carbons (Fsp3) is 0.689. The van der Waals surface area contributed by atoms with Crippen LogP contribution in [-0.4, -0.2) is 89.0 Å². The summed E-state index contributed by atoms with van der Waals surface area (Å²) in [7, 11) is 0. The molecule has 0 bridgehead atoms. The van der Waals surface area contributed by atoms with Crippen LogP contribution in [0.2, 0.25) is 0 Å². The molecule has 4 N–H and O–H groups in total. The van der Waals surface area contributed by atoms with Crippen molar-refractivity contribution in [3.63, 3.8) is 0 Å². The molecule has 0 aromatic carbocycles. The van der Waals surface area contributed by atoms with Gasteiger partial charge in [-0.1, -0.05) is 125 Å². The van der Waals surface area contributed by atoms with E-state index in [1.807, 2.05) is 0 Å². The summed E-state index contributed by atoms with van der Waals surface area (Å²) < 4.78 is 22.1. The second-order valence-corrected chi connectivity index (χ2v) is 14.0. The average molecular weight is 775 g/mol. The highest BCUT2D eigenvalue weighted by atomic mass is 16.7. The zero-order valence-electron chi connectivity index (χ0n) is 33.9. The number of hydrogen-bond donors (Lipinski definition) is 4. The fourth-order valence-corrected chi connectivity index (χ4v) is 5.80. The van der Waals surface area contributed by atoms with Crippen molar-refractivity contribution in [3.05, 3.63) is 72.9 Å². The van der Waals surface area contributed by atoms with Crippen molar-refractivity contribution in [2.75, 3.05) is 19.8 Å². The van der Waals surface area contributed by atoms with E-state index in [2.05, 4.69) is 86.8 Å². The lowest BCUT2D eigenvalue weighted by Crippen LogP contribution is -2.59. The van der Waals surface area contributed by atoms with Crippen LogP contribution in [0.5, 0.6) is 0 Å². The molecule has 0 radical (unpaired) electrons. The maximum absolute atomic E-state index is 12.7. The molecule has 6 atom stereocenters. The van der Waals surface area contributed by atoms with Gasteiger partial charge in [-0.2, -0.15) is 0 Å². The van der Waals surface area contributed by atoms with Crippen molar-refractivity contribution < 1.29 is 49.0 Å². The minimum Gasteiger partial charge on any atom is -0.462 e. The first-order chi connectivity index (χ1) is 26.8. The SMILES string of the molecule is CCC=CCC=CCC=CCCCCCCCC(=O)OC[C@H](COC1O[C@H](CO)[C@H](O)[C@H](O)[C@H]1O)OC(=O)CCCCCCCC=CCC=CCC=CCC. The molecule has 1 unspecified atom stereocenters. The first-order valence-electron chi connectivity index (χ1n) is 21.0. The second kappa shape index (κ2) is 35.5. The van der Waals surface area contributed by atoms with Gasteiger partial charge in [0.1, 0.15) is 31.0 Å². The first kappa shape index (κ1) is 50.2. The summed E-state index contributed by atoms with van der Waals surface area (Å²) in [5, 5.41) is 40.0. The van der Waals surface area contributed by atoms with Crippen LogP contribution >= 0.6 is 0 Å². The summed E-state index contributed by atoms with van der Waals surface area (Å²) in [4.78, 5) is 25.3. The minimum atomic E-state index is -1.60. The lowest BCUT2D eigenvalue weighted by atomic mass is 9.99. The molecule has 1 rings (SSSR count). The van der Waals surface area contributed by atoms with E-state index in [-0.39, 0.29) is 26.1 Å². The first-order valence-corrected chi connectivity index (χ1v) is 21.0. The summed E-state index contributed by atoms with van der Waals surface area (Å²) in [6.45, 7) is 3.14. The lowest BCUT2D eigenvalue weighted by Gasteiger charge is -2.39. The number of carbonyl (C=O) groups excluding carboxylic acids is 2. The van der Waals surface area contributed by atoms with Gasteiger partial charge in [-0.05, 0) is 77.0 Å². The summed E-state index contributed by atoms with van der Waals surface area (Å²) >= 11 is 0. The number of carbonyl (C=O) groups is 2. The van der Waals surface area contributed by atoms with Crippen LogP contribution in [0.25, 0.3) is 0 Å². The number of aliphatic hydroxyl groups is 4. The van der Waals surface area contributed by atoms with E-state index in [0.29, 0.717) is 12.8 Å². The van der Waals surface area contributed by atoms with E-state index in [1.165, 1.54) is 0 Å². The van der Waals surface area contributed by atoms with Crippen LogP contribution in [-0.2, 0) is 28.5 Å². The molecular weight excluding hydrogens is 700 g/mol. The zero-order valence-corrected chi connectivity index (χ0v) is 33.9. The molecule has 1 saturated heterocycles. The molecule has 0 aromatic heterocycles. The number of esters is 2. The molecule has 0 saturated carbocycles. The van der Waals surface area contributed by atoms with E-state index in [9.17, 15) is 30.0 Å². The quantitative estimate of drug-likeness (QED) is 0.0291. The van der Waals surface area contributed by atoms with Gasteiger partial charge < -0.3 is 39.4 Å². The molecule has 0 amide bonds. The lowest BCUT2D eigenvalue weighted by molar-refractivity contribution is -0.305. The molecule has 10 heteroatoms. The Morgan fingerprint density at radius 2 is 1.02 bits per heavy atom. The number of unbranched alkanes of at least 4 members (excludes halogenated alkanes) is 10. The summed E-state index contributed by atoms with van der Waals surface area (Å²) in [5.41, 5.74) is 0. The molecule has 1 aliphatic heterocycles. The van der Waals surface area contributed by atoms with Crippen molar-refractivity contribution in [1.29, 1.82) is 0 Å². The highest BCUT2D eigenvalue weighted by Crippen LogP contribution is 2.22. The topological polar surface area (TPSA) is 152 Å². The van der Waals surface area contributed by atoms with Crippen LogP contribution in [0.4, 0.5) is 0 Å². The maximum Gasteiger partial charge on any atom is 0.306 e. The Kier molecular flexibility index (Phi) is 32.4. The number of hydrogen-bond acceptors (Lipinski definition) is 10. The van der Waals surface area contributed by atoms with Gasteiger partial charge in [0.05, 0.1) is 13.2 Å². The predicted octanol–water partition coefficient (Wildman–Crippen LogP) is 8.44. The van der Waals surface area contributed by atoms with Crippen LogP contribution < -0.4 is 0 Å². The average Bonchev–Trinajstić information content (AvgIpc) is 3.18. The Morgan fingerprint density at radius 3 is 1.53 bits per heavy atom. The van der Waals surface area contributed by atoms with E-state index in [1.54, 1.807) is 0 Å². The van der Waals surface area contributed by atoms with Crippen molar-refractivity contribution in [1.82, 2.24) is 0 Å². The fourth-order valence-electron chi connectivity index (χ4n) is 5.80. The Labute approximate surface area is 332 Å². The molecule has 1 heterocycles. The molecule has 1 aliphatic rings. The monoisotopic (exact) mass is 775 g/mol. The maximum atomic E-state index is 12.7. The third-order valence-electron chi connectivity index (χ3n) is 9.09. The summed E-state index contributed by atoms with van der Waals surface area (Å²) in [6, 6.07) is 0. The van der Waals surface area contributed by atoms with Crippen molar-refractivity contribution in [2.45, 2.75) is 179 Å². The third kappa shape index (κ3) is 27.4. The molecular formula is C45H74O10. The van der Waals surface area contributed by atoms with Crippen molar-refractivity contribution in [3.8, 4) is 0 Å². The predicted molar refractivity (Wildman–Crippen MR) is 219 cm³/mol. The normalized spacial score (nSPS) is 21.3. The largest absolute Gasteiger partial charge is 0.462 e. The van der Waals surface area contributed by atoms with Gasteiger partial charge >= 0.3 is 11.9 Å². The minimum absolute atomic E-state index is 0.202. The van der Waals surface area contributed by atoms with Crippen molar-refractivity contribution >= 4 is 11.9 Å². The summed E-state index contributed by atoms with van der Waals surface area (Å²) in [6.07, 6.45) is 36.2. The number of ether oxygens (including phenoxy) is 4. The van der Waals surface area contributed by atoms with E-state index in [4.69, 9.17) is 18.9 Å². The van der Waals surface area contributed by atoms with E-state index >= 15 is 0 Å². The van der Waals surface area contributed by atoms with Crippen LogP contribution in [0.1, 0.15) is 142 Å². The number of rotatable bonds is 33. The Hall–Kier alpha value is -2.86. The number of allylic oxidation sites excluding steroid dienone is 12. The van der Waals surface area contributed by atoms with Gasteiger partial charge in [-0.15, -0.1) is 0 Å². The molecule has 10 nitrogen and oxygen atoms in total. The Bertz CT molecular complexity index is 1120. The molecule has 0 aromatic rings. The molecule has 0 aliphatic carbocycles. The van der Waals surface area contributed by atoms with E-state index in [0.717, 1.165) is 103 Å². The van der Waals surface area contributed by atoms with Crippen LogP contribution in [0, 0.1) is 0 Å². The van der Waals surface area contributed by atoms with Gasteiger partial charge in [0.15, 0.2) is 12.4 Å². The molecule has 1 fully saturated rings.